The van der Waals surface area contributed by atoms with Gasteiger partial charge in [-0.15, -0.1) is 0 Å². The molecule has 1 saturated heterocycles. The quantitative estimate of drug-likeness (QED) is 0.939. The van der Waals surface area contributed by atoms with Gasteiger partial charge in [-0.25, -0.2) is 0 Å². The summed E-state index contributed by atoms with van der Waals surface area (Å²) < 4.78 is 5.28. The summed E-state index contributed by atoms with van der Waals surface area (Å²) in [5.74, 6) is 1.65. The van der Waals surface area contributed by atoms with Crippen LogP contribution in [0.5, 0.6) is 0 Å². The summed E-state index contributed by atoms with van der Waals surface area (Å²) in [5.41, 5.74) is 0.388. The van der Waals surface area contributed by atoms with Gasteiger partial charge in [-0.1, -0.05) is 16.8 Å². The highest BCUT2D eigenvalue weighted by Crippen LogP contribution is 2.44. The van der Waals surface area contributed by atoms with E-state index in [4.69, 9.17) is 16.1 Å². The molecule has 1 aliphatic carbocycles. The second-order valence-corrected chi connectivity index (χ2v) is 6.48. The minimum absolute atomic E-state index is 0.469. The molecule has 2 heterocycles. The number of hydrogen-bond donors (Lipinski definition) is 1. The first-order valence-electron chi connectivity index (χ1n) is 7.16. The monoisotopic (exact) mass is 305 g/mol. The van der Waals surface area contributed by atoms with Crippen LogP contribution in [-0.4, -0.2) is 38.8 Å². The lowest BCUT2D eigenvalue weighted by atomic mass is 9.89. The molecule has 21 heavy (non-hydrogen) atoms. The predicted molar refractivity (Wildman–Crippen MR) is 77.7 cm³/mol. The third-order valence-electron chi connectivity index (χ3n) is 4.26. The molecule has 1 aromatic carbocycles. The van der Waals surface area contributed by atoms with E-state index in [-0.39, 0.29) is 0 Å². The minimum Gasteiger partial charge on any atom is -0.387 e. The Bertz CT molecular complexity index is 645. The molecule has 4 rings (SSSR count). The van der Waals surface area contributed by atoms with Crippen LogP contribution in [0.1, 0.15) is 18.7 Å². The molecule has 2 aliphatic rings. The van der Waals surface area contributed by atoms with E-state index in [1.165, 1.54) is 0 Å². The Hall–Kier alpha value is -1.43. The average Bonchev–Trinajstić information content (AvgIpc) is 3.19. The fourth-order valence-electron chi connectivity index (χ4n) is 2.95. The van der Waals surface area contributed by atoms with Crippen LogP contribution in [0, 0.1) is 5.92 Å². The van der Waals surface area contributed by atoms with Crippen molar-refractivity contribution in [2.45, 2.75) is 25.0 Å². The molecule has 0 atom stereocenters. The summed E-state index contributed by atoms with van der Waals surface area (Å²) in [4.78, 5) is 6.54. The molecule has 0 radical (unpaired) electrons. The Kier molecular flexibility index (Phi) is 3.03. The van der Waals surface area contributed by atoms with Gasteiger partial charge < -0.3 is 9.63 Å². The van der Waals surface area contributed by atoms with E-state index in [0.29, 0.717) is 42.3 Å². The van der Waals surface area contributed by atoms with Crippen molar-refractivity contribution in [3.63, 3.8) is 0 Å². The number of halogens is 1. The topological polar surface area (TPSA) is 62.4 Å². The normalized spacial score (nSPS) is 21.2. The molecule has 0 bridgehead atoms. The Morgan fingerprint density at radius 1 is 1.29 bits per heavy atom. The maximum atomic E-state index is 10.3. The molecule has 0 spiro atoms. The van der Waals surface area contributed by atoms with E-state index in [2.05, 4.69) is 15.0 Å². The van der Waals surface area contributed by atoms with E-state index in [1.807, 2.05) is 12.1 Å². The summed E-state index contributed by atoms with van der Waals surface area (Å²) in [7, 11) is 0. The first-order valence-corrected chi connectivity index (χ1v) is 7.53. The number of likely N-dealkylation sites (tertiary alicyclic amines) is 1. The molecule has 2 aromatic rings. The second-order valence-electron chi connectivity index (χ2n) is 6.05. The zero-order valence-corrected chi connectivity index (χ0v) is 12.3. The highest BCUT2D eigenvalue weighted by molar-refractivity contribution is 6.30. The van der Waals surface area contributed by atoms with Crippen LogP contribution < -0.4 is 0 Å². The van der Waals surface area contributed by atoms with Gasteiger partial charge in [0.05, 0.1) is 12.1 Å². The zero-order valence-electron chi connectivity index (χ0n) is 11.5. The average molecular weight is 306 g/mol. The van der Waals surface area contributed by atoms with Crippen molar-refractivity contribution in [1.29, 1.82) is 0 Å². The van der Waals surface area contributed by atoms with E-state index in [9.17, 15) is 5.11 Å². The first kappa shape index (κ1) is 13.2. The molecule has 5 nitrogen and oxygen atoms in total. The van der Waals surface area contributed by atoms with Gasteiger partial charge >= 0.3 is 0 Å². The van der Waals surface area contributed by atoms with Gasteiger partial charge in [-0.3, -0.25) is 4.90 Å². The van der Waals surface area contributed by atoms with E-state index < -0.39 is 5.60 Å². The number of aromatic nitrogens is 2. The Balaban J connectivity index is 1.40. The molecule has 0 amide bonds. The van der Waals surface area contributed by atoms with Crippen molar-refractivity contribution in [2.75, 3.05) is 13.1 Å². The lowest BCUT2D eigenvalue weighted by molar-refractivity contribution is -0.117. The van der Waals surface area contributed by atoms with Crippen LogP contribution in [0.3, 0.4) is 0 Å². The molecule has 1 N–H and O–H groups in total. The summed E-state index contributed by atoms with van der Waals surface area (Å²) >= 11 is 5.86. The van der Waals surface area contributed by atoms with Gasteiger partial charge in [-0.2, -0.15) is 4.98 Å². The second kappa shape index (κ2) is 4.80. The maximum Gasteiger partial charge on any atom is 0.257 e. The number of rotatable bonds is 4. The molecule has 1 aromatic heterocycles. The third-order valence-corrected chi connectivity index (χ3v) is 4.51. The van der Waals surface area contributed by atoms with E-state index in [1.54, 1.807) is 12.1 Å². The van der Waals surface area contributed by atoms with Crippen LogP contribution >= 0.6 is 11.6 Å². The Morgan fingerprint density at radius 2 is 2.00 bits per heavy atom. The molecular formula is C15H16ClN3O2. The van der Waals surface area contributed by atoms with Crippen LogP contribution in [-0.2, 0) is 6.54 Å². The minimum atomic E-state index is -0.469. The fraction of sp³-hybridized carbons (Fsp3) is 0.467. The van der Waals surface area contributed by atoms with Crippen LogP contribution in [0.4, 0.5) is 0 Å². The number of benzene rings is 1. The molecule has 6 heteroatoms. The summed E-state index contributed by atoms with van der Waals surface area (Å²) in [6, 6.07) is 7.31. The van der Waals surface area contributed by atoms with Gasteiger partial charge in [0, 0.05) is 23.7 Å². The number of nitrogens with zero attached hydrogens (tertiary/aromatic N) is 3. The smallest absolute Gasteiger partial charge is 0.257 e. The number of β-amino-alcohol motifs (C(OH)–C–C–N with tert-alkyl or cyclic N) is 1. The lowest BCUT2D eigenvalue weighted by Crippen LogP contribution is -2.62. The third kappa shape index (κ3) is 2.57. The van der Waals surface area contributed by atoms with Crippen molar-refractivity contribution in [2.24, 2.45) is 5.92 Å². The van der Waals surface area contributed by atoms with Crippen molar-refractivity contribution in [1.82, 2.24) is 15.0 Å². The van der Waals surface area contributed by atoms with Crippen LogP contribution in [0.25, 0.3) is 11.5 Å². The van der Waals surface area contributed by atoms with Gasteiger partial charge in [0.2, 0.25) is 0 Å². The molecule has 1 aliphatic heterocycles. The summed E-state index contributed by atoms with van der Waals surface area (Å²) in [6.07, 6.45) is 2.32. The van der Waals surface area contributed by atoms with Crippen LogP contribution in [0.15, 0.2) is 28.8 Å². The van der Waals surface area contributed by atoms with Crippen LogP contribution in [0.2, 0.25) is 5.02 Å². The largest absolute Gasteiger partial charge is 0.387 e. The van der Waals surface area contributed by atoms with Gasteiger partial charge in [-0.05, 0) is 43.0 Å². The molecule has 1 saturated carbocycles. The van der Waals surface area contributed by atoms with Gasteiger partial charge in [0.15, 0.2) is 5.82 Å². The molecular weight excluding hydrogens is 290 g/mol. The van der Waals surface area contributed by atoms with Gasteiger partial charge in [0.25, 0.3) is 5.89 Å². The lowest BCUT2D eigenvalue weighted by Gasteiger charge is -2.46. The number of hydrogen-bond acceptors (Lipinski definition) is 5. The zero-order chi connectivity index (χ0) is 14.4. The van der Waals surface area contributed by atoms with E-state index in [0.717, 1.165) is 18.4 Å². The van der Waals surface area contributed by atoms with Gasteiger partial charge in [0.1, 0.15) is 0 Å². The Labute approximate surface area is 127 Å². The highest BCUT2D eigenvalue weighted by Gasteiger charge is 2.51. The standard InChI is InChI=1S/C15H16ClN3O2/c16-12-5-1-10(2-6-12)14-17-13(18-21-14)7-19-8-15(20,9-19)11-3-4-11/h1-2,5-6,11,20H,3-4,7-9H2. The molecule has 2 fully saturated rings. The SMILES string of the molecule is OC1(C2CC2)CN(Cc2noc(-c3ccc(Cl)cc3)n2)C1. The first-order chi connectivity index (χ1) is 10.1. The maximum absolute atomic E-state index is 10.3. The highest BCUT2D eigenvalue weighted by atomic mass is 35.5. The fourth-order valence-corrected chi connectivity index (χ4v) is 3.07. The van der Waals surface area contributed by atoms with E-state index >= 15 is 0 Å². The Morgan fingerprint density at radius 3 is 2.67 bits per heavy atom. The molecule has 110 valence electrons. The summed E-state index contributed by atoms with van der Waals surface area (Å²) in [6.45, 7) is 2.04. The predicted octanol–water partition coefficient (Wildman–Crippen LogP) is 2.35. The number of aliphatic hydroxyl groups is 1. The summed E-state index contributed by atoms with van der Waals surface area (Å²) in [5, 5.41) is 15.0. The molecule has 0 unspecified atom stereocenters. The van der Waals surface area contributed by atoms with Crippen molar-refractivity contribution in [3.05, 3.63) is 35.1 Å². The van der Waals surface area contributed by atoms with Crippen molar-refractivity contribution < 1.29 is 9.63 Å². The van der Waals surface area contributed by atoms with Crippen molar-refractivity contribution >= 4 is 11.6 Å². The van der Waals surface area contributed by atoms with Crippen molar-refractivity contribution in [3.8, 4) is 11.5 Å².